The SMILES string of the molecule is CCC(CC)N(CCOC)CCC(C)N. The first-order chi connectivity index (χ1) is 7.15. The third-order valence-corrected chi connectivity index (χ3v) is 2.91. The number of nitrogens with two attached hydrogens (primary N) is 1. The molecule has 3 nitrogen and oxygen atoms in total. The number of nitrogens with zero attached hydrogens (tertiary/aromatic N) is 1. The molecular weight excluding hydrogens is 188 g/mol. The summed E-state index contributed by atoms with van der Waals surface area (Å²) in [5, 5.41) is 0. The fourth-order valence-corrected chi connectivity index (χ4v) is 1.86. The summed E-state index contributed by atoms with van der Waals surface area (Å²) in [5.74, 6) is 0. The minimum absolute atomic E-state index is 0.296. The molecule has 0 spiro atoms. The van der Waals surface area contributed by atoms with Crippen LogP contribution in [0.5, 0.6) is 0 Å². The average Bonchev–Trinajstić information content (AvgIpc) is 2.22. The van der Waals surface area contributed by atoms with E-state index >= 15 is 0 Å². The zero-order valence-electron chi connectivity index (χ0n) is 10.8. The van der Waals surface area contributed by atoms with Gasteiger partial charge in [-0.25, -0.2) is 0 Å². The van der Waals surface area contributed by atoms with E-state index in [9.17, 15) is 0 Å². The molecule has 15 heavy (non-hydrogen) atoms. The highest BCUT2D eigenvalue weighted by Crippen LogP contribution is 2.09. The van der Waals surface area contributed by atoms with E-state index in [4.69, 9.17) is 10.5 Å². The van der Waals surface area contributed by atoms with E-state index in [2.05, 4.69) is 25.7 Å². The molecule has 0 fully saturated rings. The summed E-state index contributed by atoms with van der Waals surface area (Å²) in [5.41, 5.74) is 5.79. The minimum Gasteiger partial charge on any atom is -0.383 e. The van der Waals surface area contributed by atoms with Crippen molar-refractivity contribution in [1.29, 1.82) is 0 Å². The summed E-state index contributed by atoms with van der Waals surface area (Å²) in [6.45, 7) is 9.50. The summed E-state index contributed by atoms with van der Waals surface area (Å²) in [7, 11) is 1.76. The second kappa shape index (κ2) is 9.13. The van der Waals surface area contributed by atoms with Gasteiger partial charge in [0.2, 0.25) is 0 Å². The Balaban J connectivity index is 4.03. The standard InChI is InChI=1S/C12H28N2O/c1-5-12(6-2)14(9-10-15-4)8-7-11(3)13/h11-12H,5-10,13H2,1-4H3. The van der Waals surface area contributed by atoms with Crippen molar-refractivity contribution in [3.05, 3.63) is 0 Å². The van der Waals surface area contributed by atoms with Crippen LogP contribution in [0.1, 0.15) is 40.0 Å². The van der Waals surface area contributed by atoms with Gasteiger partial charge in [0.1, 0.15) is 0 Å². The maximum Gasteiger partial charge on any atom is 0.0589 e. The fourth-order valence-electron chi connectivity index (χ4n) is 1.86. The summed E-state index contributed by atoms with van der Waals surface area (Å²) in [4.78, 5) is 2.51. The first-order valence-corrected chi connectivity index (χ1v) is 6.14. The van der Waals surface area contributed by atoms with Crippen molar-refractivity contribution >= 4 is 0 Å². The van der Waals surface area contributed by atoms with Crippen molar-refractivity contribution < 1.29 is 4.74 Å². The molecule has 0 aliphatic carbocycles. The van der Waals surface area contributed by atoms with Gasteiger partial charge < -0.3 is 10.5 Å². The van der Waals surface area contributed by atoms with E-state index < -0.39 is 0 Å². The van der Waals surface area contributed by atoms with E-state index in [-0.39, 0.29) is 0 Å². The number of methoxy groups -OCH3 is 1. The van der Waals surface area contributed by atoms with Crippen LogP contribution in [0.25, 0.3) is 0 Å². The first kappa shape index (κ1) is 14.9. The predicted molar refractivity (Wildman–Crippen MR) is 66.1 cm³/mol. The van der Waals surface area contributed by atoms with Gasteiger partial charge in [0, 0.05) is 25.7 Å². The molecule has 0 rings (SSSR count). The lowest BCUT2D eigenvalue weighted by molar-refractivity contribution is 0.113. The Morgan fingerprint density at radius 2 is 1.80 bits per heavy atom. The molecule has 3 heteroatoms. The van der Waals surface area contributed by atoms with Crippen molar-refractivity contribution in [2.75, 3.05) is 26.8 Å². The number of hydrogen-bond donors (Lipinski definition) is 1. The molecule has 0 aromatic heterocycles. The molecule has 0 saturated heterocycles. The lowest BCUT2D eigenvalue weighted by atomic mass is 10.1. The van der Waals surface area contributed by atoms with Crippen LogP contribution in [0.15, 0.2) is 0 Å². The van der Waals surface area contributed by atoms with Crippen molar-refractivity contribution in [2.45, 2.75) is 52.1 Å². The van der Waals surface area contributed by atoms with Gasteiger partial charge in [-0.15, -0.1) is 0 Å². The van der Waals surface area contributed by atoms with Crippen LogP contribution in [0.3, 0.4) is 0 Å². The number of ether oxygens (including phenoxy) is 1. The van der Waals surface area contributed by atoms with E-state index in [1.54, 1.807) is 7.11 Å². The summed E-state index contributed by atoms with van der Waals surface area (Å²) in [6.07, 6.45) is 3.48. The second-order valence-electron chi connectivity index (χ2n) is 4.27. The summed E-state index contributed by atoms with van der Waals surface area (Å²) in [6, 6.07) is 0.975. The molecular formula is C12H28N2O. The Morgan fingerprint density at radius 3 is 2.20 bits per heavy atom. The minimum atomic E-state index is 0.296. The Kier molecular flexibility index (Phi) is 9.06. The first-order valence-electron chi connectivity index (χ1n) is 6.14. The average molecular weight is 216 g/mol. The monoisotopic (exact) mass is 216 g/mol. The molecule has 0 heterocycles. The van der Waals surface area contributed by atoms with Crippen LogP contribution in [0.2, 0.25) is 0 Å². The van der Waals surface area contributed by atoms with Gasteiger partial charge in [0.15, 0.2) is 0 Å². The van der Waals surface area contributed by atoms with Gasteiger partial charge in [0.25, 0.3) is 0 Å². The van der Waals surface area contributed by atoms with Crippen LogP contribution in [-0.2, 0) is 4.74 Å². The predicted octanol–water partition coefficient (Wildman–Crippen LogP) is 1.86. The third-order valence-electron chi connectivity index (χ3n) is 2.91. The molecule has 0 radical (unpaired) electrons. The van der Waals surface area contributed by atoms with Crippen LogP contribution in [-0.4, -0.2) is 43.8 Å². The van der Waals surface area contributed by atoms with E-state index in [1.807, 2.05) is 0 Å². The Hall–Kier alpha value is -0.120. The Bertz CT molecular complexity index is 136. The number of rotatable bonds is 9. The lowest BCUT2D eigenvalue weighted by Crippen LogP contribution is -2.39. The van der Waals surface area contributed by atoms with Gasteiger partial charge in [0.05, 0.1) is 6.61 Å². The van der Waals surface area contributed by atoms with E-state index in [1.165, 1.54) is 12.8 Å². The molecule has 0 aliphatic rings. The molecule has 0 amide bonds. The summed E-state index contributed by atoms with van der Waals surface area (Å²) < 4.78 is 5.15. The third kappa shape index (κ3) is 6.88. The fraction of sp³-hybridized carbons (Fsp3) is 1.00. The maximum absolute atomic E-state index is 5.79. The molecule has 0 aromatic carbocycles. The lowest BCUT2D eigenvalue weighted by Gasteiger charge is -2.30. The molecule has 0 aromatic rings. The van der Waals surface area contributed by atoms with Crippen molar-refractivity contribution in [3.63, 3.8) is 0 Å². The van der Waals surface area contributed by atoms with Crippen molar-refractivity contribution in [3.8, 4) is 0 Å². The van der Waals surface area contributed by atoms with E-state index in [0.717, 1.165) is 26.1 Å². The van der Waals surface area contributed by atoms with Crippen molar-refractivity contribution in [2.24, 2.45) is 5.73 Å². The Labute approximate surface area is 95.0 Å². The Morgan fingerprint density at radius 1 is 1.20 bits per heavy atom. The topological polar surface area (TPSA) is 38.5 Å². The molecule has 0 aliphatic heterocycles. The molecule has 1 unspecified atom stereocenters. The molecule has 92 valence electrons. The highest BCUT2D eigenvalue weighted by molar-refractivity contribution is 4.70. The molecule has 0 saturated carbocycles. The van der Waals surface area contributed by atoms with Crippen LogP contribution < -0.4 is 5.73 Å². The number of hydrogen-bond acceptors (Lipinski definition) is 3. The molecule has 0 bridgehead atoms. The second-order valence-corrected chi connectivity index (χ2v) is 4.27. The maximum atomic E-state index is 5.79. The van der Waals surface area contributed by atoms with Crippen LogP contribution >= 0.6 is 0 Å². The molecule has 1 atom stereocenters. The highest BCUT2D eigenvalue weighted by atomic mass is 16.5. The summed E-state index contributed by atoms with van der Waals surface area (Å²) >= 11 is 0. The highest BCUT2D eigenvalue weighted by Gasteiger charge is 2.14. The van der Waals surface area contributed by atoms with Gasteiger partial charge >= 0.3 is 0 Å². The quantitative estimate of drug-likeness (QED) is 0.639. The smallest absolute Gasteiger partial charge is 0.0589 e. The van der Waals surface area contributed by atoms with Gasteiger partial charge in [-0.2, -0.15) is 0 Å². The van der Waals surface area contributed by atoms with Gasteiger partial charge in [-0.1, -0.05) is 13.8 Å². The van der Waals surface area contributed by atoms with Crippen molar-refractivity contribution in [1.82, 2.24) is 4.90 Å². The van der Waals surface area contributed by atoms with Crippen LogP contribution in [0, 0.1) is 0 Å². The van der Waals surface area contributed by atoms with Crippen LogP contribution in [0.4, 0.5) is 0 Å². The molecule has 2 N–H and O–H groups in total. The zero-order chi connectivity index (χ0) is 11.7. The normalized spacial score (nSPS) is 13.8. The zero-order valence-corrected chi connectivity index (χ0v) is 10.8. The van der Waals surface area contributed by atoms with Gasteiger partial charge in [-0.05, 0) is 32.7 Å². The van der Waals surface area contributed by atoms with Gasteiger partial charge in [-0.3, -0.25) is 4.90 Å². The largest absolute Gasteiger partial charge is 0.383 e. The van der Waals surface area contributed by atoms with E-state index in [0.29, 0.717) is 12.1 Å².